The Kier molecular flexibility index (Phi) is 5.47. The van der Waals surface area contributed by atoms with Gasteiger partial charge in [-0.25, -0.2) is 0 Å². The zero-order valence-electron chi connectivity index (χ0n) is 11.9. The molecule has 0 aliphatic heterocycles. The summed E-state index contributed by atoms with van der Waals surface area (Å²) in [7, 11) is 3.93. The van der Waals surface area contributed by atoms with Crippen molar-refractivity contribution in [3.8, 4) is 0 Å². The summed E-state index contributed by atoms with van der Waals surface area (Å²) in [6, 6.07) is 0. The molecule has 0 saturated carbocycles. The van der Waals surface area contributed by atoms with Crippen molar-refractivity contribution in [3.05, 3.63) is 0 Å². The average Bonchev–Trinajstić information content (AvgIpc) is 1.98. The molecule has 0 bridgehead atoms. The van der Waals surface area contributed by atoms with E-state index in [-0.39, 0.29) is 11.4 Å². The summed E-state index contributed by atoms with van der Waals surface area (Å²) in [6.45, 7) is 11.6. The summed E-state index contributed by atoms with van der Waals surface area (Å²) in [5.74, 6) is -0.0933. The molecule has 96 valence electrons. The number of esters is 1. The van der Waals surface area contributed by atoms with E-state index in [0.29, 0.717) is 6.61 Å². The normalized spacial score (nSPS) is 13.0. The molecule has 16 heavy (non-hydrogen) atoms. The SMILES string of the molecule is CN(C)CCOC(=O)C(C)(C)CC(C)(C)C. The standard InChI is InChI=1S/C13H27NO2/c1-12(2,3)10-13(4,5)11(15)16-9-8-14(6)7/h8-10H2,1-7H3. The van der Waals surface area contributed by atoms with Crippen LogP contribution in [0.2, 0.25) is 0 Å². The monoisotopic (exact) mass is 229 g/mol. The van der Waals surface area contributed by atoms with Crippen molar-refractivity contribution >= 4 is 5.97 Å². The Morgan fingerprint density at radius 2 is 1.62 bits per heavy atom. The molecule has 0 unspecified atom stereocenters. The zero-order valence-corrected chi connectivity index (χ0v) is 11.9. The Bertz CT molecular complexity index is 227. The van der Waals surface area contributed by atoms with Gasteiger partial charge in [0.2, 0.25) is 0 Å². The van der Waals surface area contributed by atoms with Crippen molar-refractivity contribution in [2.75, 3.05) is 27.2 Å². The zero-order chi connectivity index (χ0) is 13.0. The second-order valence-corrected chi connectivity index (χ2v) is 6.56. The Labute approximate surface area is 100 Å². The Balaban J connectivity index is 4.15. The maximum absolute atomic E-state index is 11.9. The van der Waals surface area contributed by atoms with Crippen molar-refractivity contribution < 1.29 is 9.53 Å². The highest BCUT2D eigenvalue weighted by atomic mass is 16.5. The van der Waals surface area contributed by atoms with Gasteiger partial charge in [-0.3, -0.25) is 4.79 Å². The maximum atomic E-state index is 11.9. The third kappa shape index (κ3) is 6.83. The second kappa shape index (κ2) is 5.67. The Morgan fingerprint density at radius 3 is 2.00 bits per heavy atom. The van der Waals surface area contributed by atoms with Gasteiger partial charge < -0.3 is 9.64 Å². The van der Waals surface area contributed by atoms with E-state index in [9.17, 15) is 4.79 Å². The van der Waals surface area contributed by atoms with Crippen LogP contribution in [-0.4, -0.2) is 38.1 Å². The minimum Gasteiger partial charge on any atom is -0.464 e. The van der Waals surface area contributed by atoms with Gasteiger partial charge in [0.25, 0.3) is 0 Å². The molecule has 0 N–H and O–H groups in total. The molecule has 3 heteroatoms. The first-order valence-corrected chi connectivity index (χ1v) is 5.86. The van der Waals surface area contributed by atoms with Gasteiger partial charge in [0.15, 0.2) is 0 Å². The third-order valence-electron chi connectivity index (χ3n) is 2.30. The molecule has 0 aromatic carbocycles. The predicted molar refractivity (Wildman–Crippen MR) is 67.4 cm³/mol. The van der Waals surface area contributed by atoms with Gasteiger partial charge in [-0.05, 0) is 39.8 Å². The van der Waals surface area contributed by atoms with Crippen LogP contribution in [0, 0.1) is 10.8 Å². The van der Waals surface area contributed by atoms with Gasteiger partial charge >= 0.3 is 5.97 Å². The topological polar surface area (TPSA) is 29.5 Å². The molecule has 3 nitrogen and oxygen atoms in total. The number of hydrogen-bond donors (Lipinski definition) is 0. The molecular weight excluding hydrogens is 202 g/mol. The highest BCUT2D eigenvalue weighted by Gasteiger charge is 2.33. The lowest BCUT2D eigenvalue weighted by Crippen LogP contribution is -2.32. The first kappa shape index (κ1) is 15.4. The highest BCUT2D eigenvalue weighted by Crippen LogP contribution is 2.33. The van der Waals surface area contributed by atoms with Crippen LogP contribution >= 0.6 is 0 Å². The second-order valence-electron chi connectivity index (χ2n) is 6.56. The van der Waals surface area contributed by atoms with Crippen LogP contribution in [0.25, 0.3) is 0 Å². The van der Waals surface area contributed by atoms with Crippen molar-refractivity contribution in [1.29, 1.82) is 0 Å². The van der Waals surface area contributed by atoms with Crippen LogP contribution in [0.3, 0.4) is 0 Å². The molecule has 0 aliphatic rings. The predicted octanol–water partition coefficient (Wildman–Crippen LogP) is 2.55. The summed E-state index contributed by atoms with van der Waals surface area (Å²) in [4.78, 5) is 13.9. The van der Waals surface area contributed by atoms with Crippen LogP contribution in [0.15, 0.2) is 0 Å². The number of rotatable bonds is 5. The fourth-order valence-electron chi connectivity index (χ4n) is 1.91. The number of carbonyl (C=O) groups is 1. The number of hydrogen-bond acceptors (Lipinski definition) is 3. The van der Waals surface area contributed by atoms with Crippen molar-refractivity contribution in [2.45, 2.75) is 41.0 Å². The van der Waals surface area contributed by atoms with Crippen molar-refractivity contribution in [3.63, 3.8) is 0 Å². The lowest BCUT2D eigenvalue weighted by molar-refractivity contribution is -0.155. The Hall–Kier alpha value is -0.570. The minimum atomic E-state index is -0.398. The summed E-state index contributed by atoms with van der Waals surface area (Å²) >= 11 is 0. The van der Waals surface area contributed by atoms with Crippen LogP contribution in [0.1, 0.15) is 41.0 Å². The molecule has 0 atom stereocenters. The van der Waals surface area contributed by atoms with E-state index in [1.807, 2.05) is 32.8 Å². The van der Waals surface area contributed by atoms with E-state index in [1.54, 1.807) is 0 Å². The maximum Gasteiger partial charge on any atom is 0.311 e. The van der Waals surface area contributed by atoms with Gasteiger partial charge in [0.1, 0.15) is 6.61 Å². The van der Waals surface area contributed by atoms with Gasteiger partial charge in [-0.1, -0.05) is 20.8 Å². The first-order valence-electron chi connectivity index (χ1n) is 5.86. The van der Waals surface area contributed by atoms with Crippen molar-refractivity contribution in [2.24, 2.45) is 10.8 Å². The van der Waals surface area contributed by atoms with Gasteiger partial charge in [0, 0.05) is 6.54 Å². The van der Waals surface area contributed by atoms with E-state index in [0.717, 1.165) is 13.0 Å². The molecule has 0 aliphatic carbocycles. The first-order chi connectivity index (χ1) is 7.04. The lowest BCUT2D eigenvalue weighted by atomic mass is 9.76. The number of likely N-dealkylation sites (N-methyl/N-ethyl adjacent to an activating group) is 1. The molecular formula is C13H27NO2. The Morgan fingerprint density at radius 1 is 1.12 bits per heavy atom. The number of ether oxygens (including phenoxy) is 1. The van der Waals surface area contributed by atoms with Crippen LogP contribution in [0.4, 0.5) is 0 Å². The van der Waals surface area contributed by atoms with Crippen LogP contribution in [-0.2, 0) is 9.53 Å². The average molecular weight is 229 g/mol. The van der Waals surface area contributed by atoms with Crippen LogP contribution in [0.5, 0.6) is 0 Å². The van der Waals surface area contributed by atoms with Gasteiger partial charge in [-0.15, -0.1) is 0 Å². The fraction of sp³-hybridized carbons (Fsp3) is 0.923. The summed E-state index contributed by atoms with van der Waals surface area (Å²) < 4.78 is 5.28. The quantitative estimate of drug-likeness (QED) is 0.679. The smallest absolute Gasteiger partial charge is 0.311 e. The molecule has 0 rings (SSSR count). The number of carbonyl (C=O) groups excluding carboxylic acids is 1. The van der Waals surface area contributed by atoms with Gasteiger partial charge in [-0.2, -0.15) is 0 Å². The fourth-order valence-corrected chi connectivity index (χ4v) is 1.91. The molecule has 0 heterocycles. The van der Waals surface area contributed by atoms with E-state index < -0.39 is 5.41 Å². The largest absolute Gasteiger partial charge is 0.464 e. The van der Waals surface area contributed by atoms with E-state index >= 15 is 0 Å². The third-order valence-corrected chi connectivity index (χ3v) is 2.30. The molecule has 0 spiro atoms. The molecule has 0 aromatic heterocycles. The van der Waals surface area contributed by atoms with Crippen LogP contribution < -0.4 is 0 Å². The summed E-state index contributed by atoms with van der Waals surface area (Å²) in [5.41, 5.74) is -0.255. The minimum absolute atomic E-state index is 0.0933. The molecule has 0 saturated heterocycles. The summed E-state index contributed by atoms with van der Waals surface area (Å²) in [5, 5.41) is 0. The molecule has 0 radical (unpaired) electrons. The van der Waals surface area contributed by atoms with Crippen molar-refractivity contribution in [1.82, 2.24) is 4.90 Å². The lowest BCUT2D eigenvalue weighted by Gasteiger charge is -2.30. The summed E-state index contributed by atoms with van der Waals surface area (Å²) in [6.07, 6.45) is 0.834. The van der Waals surface area contributed by atoms with E-state index in [1.165, 1.54) is 0 Å². The molecule has 0 fully saturated rings. The highest BCUT2D eigenvalue weighted by molar-refractivity contribution is 5.75. The molecule has 0 amide bonds. The molecule has 0 aromatic rings. The van der Waals surface area contributed by atoms with E-state index in [2.05, 4.69) is 20.8 Å². The van der Waals surface area contributed by atoms with E-state index in [4.69, 9.17) is 4.74 Å². The van der Waals surface area contributed by atoms with Gasteiger partial charge in [0.05, 0.1) is 5.41 Å². The number of nitrogens with zero attached hydrogens (tertiary/aromatic N) is 1.